The smallest absolute Gasteiger partial charge is 0.261 e. The molecule has 0 radical (unpaired) electrons. The molecule has 2 rings (SSSR count). The zero-order valence-electron chi connectivity index (χ0n) is 12.3. The van der Waals surface area contributed by atoms with E-state index < -0.39 is 0 Å². The molecular weight excluding hydrogens is 318 g/mol. The van der Waals surface area contributed by atoms with Gasteiger partial charge >= 0.3 is 0 Å². The molecule has 0 aromatic heterocycles. The minimum Gasteiger partial charge on any atom is -0.468 e. The fraction of sp³-hybridized carbons (Fsp3) is 0.176. The third-order valence-electron chi connectivity index (χ3n) is 2.84. The van der Waals surface area contributed by atoms with Crippen LogP contribution in [0.1, 0.15) is 29.8 Å². The first-order valence-corrected chi connectivity index (χ1v) is 7.63. The van der Waals surface area contributed by atoms with Crippen molar-refractivity contribution >= 4 is 40.5 Å². The molecule has 0 spiro atoms. The molecule has 0 aliphatic carbocycles. The summed E-state index contributed by atoms with van der Waals surface area (Å²) in [6.45, 7) is 3.76. The number of hydrogen-bond acceptors (Lipinski definition) is 3. The highest BCUT2D eigenvalue weighted by Crippen LogP contribution is 2.24. The van der Waals surface area contributed by atoms with Crippen LogP contribution in [0.3, 0.4) is 0 Å². The van der Waals surface area contributed by atoms with E-state index in [-0.39, 0.29) is 17.1 Å². The fourth-order valence-corrected chi connectivity index (χ4v) is 2.39. The molecule has 0 unspecified atom stereocenters. The summed E-state index contributed by atoms with van der Waals surface area (Å²) in [4.78, 5) is 12.6. The molecule has 0 saturated carbocycles. The Hall–Kier alpha value is -1.91. The third kappa shape index (κ3) is 4.29. The van der Waals surface area contributed by atoms with E-state index in [2.05, 4.69) is 5.32 Å². The maximum Gasteiger partial charge on any atom is 0.261 e. The number of nitrogens with one attached hydrogen (secondary N) is 1. The van der Waals surface area contributed by atoms with Crippen LogP contribution in [0.2, 0.25) is 5.02 Å². The van der Waals surface area contributed by atoms with E-state index in [4.69, 9.17) is 28.6 Å². The lowest BCUT2D eigenvalue weighted by atomic mass is 10.0. The second-order valence-electron chi connectivity index (χ2n) is 4.96. The Balaban J connectivity index is 2.32. The van der Waals surface area contributed by atoms with Crippen LogP contribution in [0.4, 0.5) is 5.69 Å². The lowest BCUT2D eigenvalue weighted by Gasteiger charge is -2.15. The van der Waals surface area contributed by atoms with Gasteiger partial charge in [-0.2, -0.15) is 0 Å². The maximum absolute atomic E-state index is 12.6. The molecule has 5 heteroatoms. The van der Waals surface area contributed by atoms with Crippen molar-refractivity contribution in [1.82, 2.24) is 0 Å². The number of benzene rings is 2. The van der Waals surface area contributed by atoms with Crippen molar-refractivity contribution in [3.05, 3.63) is 64.7 Å². The van der Waals surface area contributed by atoms with E-state index in [0.717, 1.165) is 0 Å². The average Bonchev–Trinajstić information content (AvgIpc) is 2.48. The Labute approximate surface area is 140 Å². The van der Waals surface area contributed by atoms with Crippen molar-refractivity contribution in [2.75, 3.05) is 5.32 Å². The van der Waals surface area contributed by atoms with E-state index in [0.29, 0.717) is 21.8 Å². The lowest BCUT2D eigenvalue weighted by molar-refractivity contribution is 0.103. The van der Waals surface area contributed by atoms with Crippen molar-refractivity contribution in [2.45, 2.75) is 20.0 Å². The third-order valence-corrected chi connectivity index (χ3v) is 3.28. The van der Waals surface area contributed by atoms with Crippen LogP contribution < -0.4 is 5.32 Å². The summed E-state index contributed by atoms with van der Waals surface area (Å²) >= 11 is 11.2. The molecule has 3 nitrogen and oxygen atoms in total. The van der Waals surface area contributed by atoms with E-state index in [1.165, 1.54) is 0 Å². The largest absolute Gasteiger partial charge is 0.468 e. The van der Waals surface area contributed by atoms with E-state index in [1.54, 1.807) is 30.3 Å². The summed E-state index contributed by atoms with van der Waals surface area (Å²) in [6, 6.07) is 14.1. The molecule has 22 heavy (non-hydrogen) atoms. The van der Waals surface area contributed by atoms with Crippen molar-refractivity contribution in [3.63, 3.8) is 0 Å². The van der Waals surface area contributed by atoms with Crippen LogP contribution in [-0.2, 0) is 4.74 Å². The fourth-order valence-electron chi connectivity index (χ4n) is 1.91. The topological polar surface area (TPSA) is 38.3 Å². The molecule has 0 saturated heterocycles. The van der Waals surface area contributed by atoms with Crippen molar-refractivity contribution < 1.29 is 9.53 Å². The van der Waals surface area contributed by atoms with E-state index >= 15 is 0 Å². The van der Waals surface area contributed by atoms with Gasteiger partial charge in [0, 0.05) is 16.1 Å². The monoisotopic (exact) mass is 333 g/mol. The summed E-state index contributed by atoms with van der Waals surface area (Å²) < 4.78 is 5.40. The summed E-state index contributed by atoms with van der Waals surface area (Å²) in [5, 5.41) is 3.66. The number of carbonyl (C=O) groups excluding carboxylic acids is 1. The van der Waals surface area contributed by atoms with Crippen molar-refractivity contribution in [3.8, 4) is 0 Å². The number of thiocarbonyl (C=S) groups is 1. The predicted molar refractivity (Wildman–Crippen MR) is 93.8 cm³/mol. The van der Waals surface area contributed by atoms with Gasteiger partial charge in [-0.15, -0.1) is 0 Å². The number of hydrogen-bond donors (Lipinski definition) is 1. The normalized spacial score (nSPS) is 10.4. The van der Waals surface area contributed by atoms with Gasteiger partial charge in [0.2, 0.25) is 0 Å². The van der Waals surface area contributed by atoms with Gasteiger partial charge in [-0.05, 0) is 44.3 Å². The van der Waals surface area contributed by atoms with Crippen LogP contribution in [0.15, 0.2) is 48.5 Å². The molecule has 1 N–H and O–H groups in total. The number of anilines is 1. The highest BCUT2D eigenvalue weighted by Gasteiger charge is 2.15. The first kappa shape index (κ1) is 16.5. The molecular formula is C17H16ClNO2S. The van der Waals surface area contributed by atoms with E-state index in [1.807, 2.05) is 32.0 Å². The second-order valence-corrected chi connectivity index (χ2v) is 5.77. The van der Waals surface area contributed by atoms with Gasteiger partial charge in [-0.25, -0.2) is 0 Å². The van der Waals surface area contributed by atoms with Gasteiger partial charge in [0.15, 0.2) is 5.78 Å². The SMILES string of the molecule is CC(C)OC(=S)Nc1ccc(Cl)cc1C(=O)c1ccccc1. The summed E-state index contributed by atoms with van der Waals surface area (Å²) in [5.41, 5.74) is 1.61. The number of rotatable bonds is 4. The molecule has 0 amide bonds. The van der Waals surface area contributed by atoms with Crippen LogP contribution in [0.25, 0.3) is 0 Å². The molecule has 0 atom stereocenters. The highest BCUT2D eigenvalue weighted by molar-refractivity contribution is 7.80. The summed E-state index contributed by atoms with van der Waals surface area (Å²) in [6.07, 6.45) is -0.0411. The van der Waals surface area contributed by atoms with Gasteiger partial charge in [0.05, 0.1) is 11.8 Å². The lowest BCUT2D eigenvalue weighted by Crippen LogP contribution is -2.19. The number of carbonyl (C=O) groups is 1. The molecule has 114 valence electrons. The van der Waals surface area contributed by atoms with Crippen molar-refractivity contribution in [2.24, 2.45) is 0 Å². The molecule has 0 aliphatic rings. The van der Waals surface area contributed by atoms with Crippen LogP contribution >= 0.6 is 23.8 Å². The van der Waals surface area contributed by atoms with Gasteiger partial charge < -0.3 is 10.1 Å². The van der Waals surface area contributed by atoms with E-state index in [9.17, 15) is 4.79 Å². The van der Waals surface area contributed by atoms with Crippen LogP contribution in [-0.4, -0.2) is 17.1 Å². The average molecular weight is 334 g/mol. The Morgan fingerprint density at radius 1 is 1.18 bits per heavy atom. The number of halogens is 1. The predicted octanol–water partition coefficient (Wildman–Crippen LogP) is 4.69. The van der Waals surface area contributed by atoms with Gasteiger partial charge in [0.25, 0.3) is 5.17 Å². The van der Waals surface area contributed by atoms with Crippen molar-refractivity contribution in [1.29, 1.82) is 0 Å². The molecule has 0 heterocycles. The first-order chi connectivity index (χ1) is 10.5. The van der Waals surface area contributed by atoms with Crippen LogP contribution in [0.5, 0.6) is 0 Å². The Bertz CT molecular complexity index is 686. The van der Waals surface area contributed by atoms with Gasteiger partial charge in [-0.3, -0.25) is 4.79 Å². The second kappa shape index (κ2) is 7.38. The number of ether oxygens (including phenoxy) is 1. The first-order valence-electron chi connectivity index (χ1n) is 6.84. The molecule has 2 aromatic rings. The molecule has 0 fully saturated rings. The maximum atomic E-state index is 12.6. The Kier molecular flexibility index (Phi) is 5.52. The number of ketones is 1. The minimum atomic E-state index is -0.127. The quantitative estimate of drug-likeness (QED) is 0.650. The van der Waals surface area contributed by atoms with Gasteiger partial charge in [-0.1, -0.05) is 41.9 Å². The highest BCUT2D eigenvalue weighted by atomic mass is 35.5. The standard InChI is InChI=1S/C17H16ClNO2S/c1-11(2)21-17(22)19-15-9-8-13(18)10-14(15)16(20)12-6-4-3-5-7-12/h3-11H,1-2H3,(H,19,22). The van der Waals surface area contributed by atoms with Gasteiger partial charge in [0.1, 0.15) is 0 Å². The summed E-state index contributed by atoms with van der Waals surface area (Å²) in [7, 11) is 0. The Morgan fingerprint density at radius 2 is 1.86 bits per heavy atom. The zero-order chi connectivity index (χ0) is 16.1. The Morgan fingerprint density at radius 3 is 2.50 bits per heavy atom. The zero-order valence-corrected chi connectivity index (χ0v) is 13.9. The summed E-state index contributed by atoms with van der Waals surface area (Å²) in [5.74, 6) is -0.127. The molecule has 0 aliphatic heterocycles. The molecule has 2 aromatic carbocycles. The van der Waals surface area contributed by atoms with Crippen LogP contribution in [0, 0.1) is 0 Å². The minimum absolute atomic E-state index is 0.0411. The molecule has 0 bridgehead atoms.